The van der Waals surface area contributed by atoms with Crippen molar-refractivity contribution in [3.63, 3.8) is 0 Å². The van der Waals surface area contributed by atoms with E-state index in [1.807, 2.05) is 4.90 Å². The molecule has 1 amide bonds. The van der Waals surface area contributed by atoms with Crippen LogP contribution in [0.4, 0.5) is 0 Å². The molecule has 0 aromatic rings. The quantitative estimate of drug-likeness (QED) is 0.719. The maximum absolute atomic E-state index is 11.7. The lowest BCUT2D eigenvalue weighted by Gasteiger charge is -2.32. The fourth-order valence-electron chi connectivity index (χ4n) is 3.33. The molecule has 3 atom stereocenters. The van der Waals surface area contributed by atoms with Gasteiger partial charge >= 0.3 is 5.97 Å². The van der Waals surface area contributed by atoms with E-state index in [2.05, 4.69) is 0 Å². The first-order chi connectivity index (χ1) is 8.13. The fourth-order valence-corrected chi connectivity index (χ4v) is 3.33. The number of fused-ring (bicyclic) bond motifs is 1. The molecule has 0 aromatic heterocycles. The van der Waals surface area contributed by atoms with Crippen LogP contribution in [0.15, 0.2) is 0 Å². The summed E-state index contributed by atoms with van der Waals surface area (Å²) in [5.41, 5.74) is 5.27. The Hall–Kier alpha value is -1.10. The van der Waals surface area contributed by atoms with Crippen LogP contribution in [0, 0.1) is 5.92 Å². The Morgan fingerprint density at radius 3 is 2.71 bits per heavy atom. The number of amides is 1. The van der Waals surface area contributed by atoms with Gasteiger partial charge in [-0.25, -0.2) is 0 Å². The van der Waals surface area contributed by atoms with Gasteiger partial charge in [-0.2, -0.15) is 0 Å². The van der Waals surface area contributed by atoms with Gasteiger partial charge in [-0.1, -0.05) is 12.8 Å². The van der Waals surface area contributed by atoms with Crippen LogP contribution in [-0.4, -0.2) is 42.5 Å². The number of hydrogen-bond acceptors (Lipinski definition) is 4. The molecule has 17 heavy (non-hydrogen) atoms. The molecule has 1 heterocycles. The van der Waals surface area contributed by atoms with E-state index in [0.717, 1.165) is 19.3 Å². The average molecular weight is 240 g/mol. The summed E-state index contributed by atoms with van der Waals surface area (Å²) in [6.07, 6.45) is 5.41. The summed E-state index contributed by atoms with van der Waals surface area (Å²) in [7, 11) is 1.40. The molecule has 0 aromatic carbocycles. The Balaban J connectivity index is 2.14. The van der Waals surface area contributed by atoms with E-state index in [-0.39, 0.29) is 24.5 Å². The maximum Gasteiger partial charge on any atom is 0.323 e. The van der Waals surface area contributed by atoms with Gasteiger partial charge in [0.1, 0.15) is 6.04 Å². The summed E-state index contributed by atoms with van der Waals surface area (Å²) >= 11 is 0. The minimum absolute atomic E-state index is 0.168. The second-order valence-electron chi connectivity index (χ2n) is 5.03. The van der Waals surface area contributed by atoms with Crippen LogP contribution in [0.3, 0.4) is 0 Å². The van der Waals surface area contributed by atoms with Gasteiger partial charge in [-0.05, 0) is 25.2 Å². The number of rotatable bonds is 3. The van der Waals surface area contributed by atoms with Crippen molar-refractivity contribution in [2.45, 2.75) is 44.2 Å². The number of primary amides is 1. The van der Waals surface area contributed by atoms with Gasteiger partial charge < -0.3 is 10.5 Å². The second-order valence-corrected chi connectivity index (χ2v) is 5.03. The molecular formula is C12H20N2O3. The summed E-state index contributed by atoms with van der Waals surface area (Å²) in [5.74, 6) is -0.0852. The number of hydrogen-bond donors (Lipinski definition) is 1. The van der Waals surface area contributed by atoms with E-state index in [9.17, 15) is 9.59 Å². The number of likely N-dealkylation sites (tertiary alicyclic amines) is 1. The molecular weight excluding hydrogens is 220 g/mol. The summed E-state index contributed by atoms with van der Waals surface area (Å²) in [6, 6.07) is 0.0564. The Labute approximate surface area is 101 Å². The summed E-state index contributed by atoms with van der Waals surface area (Å²) in [4.78, 5) is 24.8. The van der Waals surface area contributed by atoms with Crippen LogP contribution >= 0.6 is 0 Å². The van der Waals surface area contributed by atoms with Crippen LogP contribution < -0.4 is 5.73 Å². The first-order valence-electron chi connectivity index (χ1n) is 6.25. The van der Waals surface area contributed by atoms with Crippen molar-refractivity contribution >= 4 is 11.9 Å². The van der Waals surface area contributed by atoms with Crippen molar-refractivity contribution in [1.29, 1.82) is 0 Å². The van der Waals surface area contributed by atoms with Gasteiger partial charge in [0.2, 0.25) is 5.91 Å². The zero-order valence-electron chi connectivity index (χ0n) is 10.2. The lowest BCUT2D eigenvalue weighted by molar-refractivity contribution is -0.146. The Morgan fingerprint density at radius 1 is 1.35 bits per heavy atom. The number of ether oxygens (including phenoxy) is 1. The van der Waals surface area contributed by atoms with Crippen molar-refractivity contribution < 1.29 is 14.3 Å². The molecule has 5 heteroatoms. The SMILES string of the molecule is COC(=O)C1CC2CCCCC2N1CC(N)=O. The third-order valence-electron chi connectivity index (χ3n) is 4.03. The molecule has 96 valence electrons. The van der Waals surface area contributed by atoms with Gasteiger partial charge in [-0.3, -0.25) is 14.5 Å². The first-order valence-corrected chi connectivity index (χ1v) is 6.25. The number of esters is 1. The number of nitrogens with zero attached hydrogens (tertiary/aromatic N) is 1. The first kappa shape index (κ1) is 12.4. The van der Waals surface area contributed by atoms with Crippen molar-refractivity contribution in [2.24, 2.45) is 11.7 Å². The number of carbonyl (C=O) groups is 2. The van der Waals surface area contributed by atoms with Crippen molar-refractivity contribution in [2.75, 3.05) is 13.7 Å². The molecule has 0 spiro atoms. The summed E-state index contributed by atoms with van der Waals surface area (Å²) in [6.45, 7) is 0.168. The lowest BCUT2D eigenvalue weighted by Crippen LogP contribution is -2.46. The monoisotopic (exact) mass is 240 g/mol. The van der Waals surface area contributed by atoms with E-state index < -0.39 is 0 Å². The third-order valence-corrected chi connectivity index (χ3v) is 4.03. The van der Waals surface area contributed by atoms with Crippen molar-refractivity contribution in [3.05, 3.63) is 0 Å². The number of methoxy groups -OCH3 is 1. The zero-order chi connectivity index (χ0) is 12.4. The van der Waals surface area contributed by atoms with Crippen molar-refractivity contribution in [3.8, 4) is 0 Å². The molecule has 1 aliphatic heterocycles. The largest absolute Gasteiger partial charge is 0.468 e. The van der Waals surface area contributed by atoms with Crippen LogP contribution in [0.2, 0.25) is 0 Å². The predicted octanol–water partition coefficient (Wildman–Crippen LogP) is 0.278. The molecule has 1 aliphatic carbocycles. The highest BCUT2D eigenvalue weighted by molar-refractivity contribution is 5.79. The molecule has 0 radical (unpaired) electrons. The highest BCUT2D eigenvalue weighted by atomic mass is 16.5. The van der Waals surface area contributed by atoms with Crippen LogP contribution in [0.1, 0.15) is 32.1 Å². The Morgan fingerprint density at radius 2 is 2.06 bits per heavy atom. The Kier molecular flexibility index (Phi) is 3.66. The molecule has 1 saturated heterocycles. The van der Waals surface area contributed by atoms with Gasteiger partial charge in [0.25, 0.3) is 0 Å². The second kappa shape index (κ2) is 5.04. The fraction of sp³-hybridized carbons (Fsp3) is 0.833. The molecule has 2 aliphatic rings. The maximum atomic E-state index is 11.7. The topological polar surface area (TPSA) is 72.6 Å². The smallest absolute Gasteiger partial charge is 0.323 e. The van der Waals surface area contributed by atoms with Gasteiger partial charge in [-0.15, -0.1) is 0 Å². The highest BCUT2D eigenvalue weighted by Gasteiger charge is 2.45. The van der Waals surface area contributed by atoms with Gasteiger partial charge in [0.05, 0.1) is 13.7 Å². The molecule has 3 unspecified atom stereocenters. The molecule has 1 saturated carbocycles. The third kappa shape index (κ3) is 2.44. The number of nitrogens with two attached hydrogens (primary N) is 1. The highest BCUT2D eigenvalue weighted by Crippen LogP contribution is 2.39. The lowest BCUT2D eigenvalue weighted by atomic mass is 9.85. The van der Waals surface area contributed by atoms with Crippen LogP contribution in [-0.2, 0) is 14.3 Å². The minimum Gasteiger partial charge on any atom is -0.468 e. The summed E-state index contributed by atoms with van der Waals surface area (Å²) in [5, 5.41) is 0. The van der Waals surface area contributed by atoms with E-state index in [0.29, 0.717) is 12.0 Å². The molecule has 2 fully saturated rings. The zero-order valence-corrected chi connectivity index (χ0v) is 10.2. The average Bonchev–Trinajstić information content (AvgIpc) is 2.67. The summed E-state index contributed by atoms with van der Waals surface area (Å²) < 4.78 is 4.82. The minimum atomic E-state index is -0.370. The van der Waals surface area contributed by atoms with Crippen LogP contribution in [0.5, 0.6) is 0 Å². The van der Waals surface area contributed by atoms with E-state index in [4.69, 9.17) is 10.5 Å². The van der Waals surface area contributed by atoms with E-state index in [1.165, 1.54) is 20.0 Å². The molecule has 0 bridgehead atoms. The van der Waals surface area contributed by atoms with Crippen molar-refractivity contribution in [1.82, 2.24) is 4.90 Å². The molecule has 2 rings (SSSR count). The Bertz CT molecular complexity index is 319. The molecule has 2 N–H and O–H groups in total. The van der Waals surface area contributed by atoms with E-state index >= 15 is 0 Å². The normalized spacial score (nSPS) is 33.1. The van der Waals surface area contributed by atoms with Gasteiger partial charge in [0, 0.05) is 6.04 Å². The molecule has 5 nitrogen and oxygen atoms in total. The number of carbonyl (C=O) groups excluding carboxylic acids is 2. The van der Waals surface area contributed by atoms with Gasteiger partial charge in [0.15, 0.2) is 0 Å². The standard InChI is InChI=1S/C12H20N2O3/c1-17-12(16)10-6-8-4-2-3-5-9(8)14(10)7-11(13)15/h8-10H,2-7H2,1H3,(H2,13,15). The van der Waals surface area contributed by atoms with Crippen LogP contribution in [0.25, 0.3) is 0 Å². The van der Waals surface area contributed by atoms with E-state index in [1.54, 1.807) is 0 Å². The predicted molar refractivity (Wildman–Crippen MR) is 62.1 cm³/mol.